The molecule has 0 unspecified atom stereocenters. The lowest BCUT2D eigenvalue weighted by Crippen LogP contribution is -2.25. The molecular weight excluding hydrogens is 310 g/mol. The largest absolute Gasteiger partial charge is 0.386 e. The van der Waals surface area contributed by atoms with E-state index >= 15 is 0 Å². The van der Waals surface area contributed by atoms with Gasteiger partial charge >= 0.3 is 11.3 Å². The van der Waals surface area contributed by atoms with E-state index in [1.165, 1.54) is 29.5 Å². The van der Waals surface area contributed by atoms with Gasteiger partial charge in [0.15, 0.2) is 0 Å². The van der Waals surface area contributed by atoms with Crippen molar-refractivity contribution >= 4 is 21.5 Å². The van der Waals surface area contributed by atoms with E-state index in [0.717, 1.165) is 25.7 Å². The van der Waals surface area contributed by atoms with Crippen LogP contribution in [0.3, 0.4) is 0 Å². The Morgan fingerprint density at radius 1 is 0.750 bits per heavy atom. The summed E-state index contributed by atoms with van der Waals surface area (Å²) in [5.74, 6) is 0. The molecule has 0 bridgehead atoms. The molecule has 6 nitrogen and oxygen atoms in total. The van der Waals surface area contributed by atoms with Crippen molar-refractivity contribution in [3.8, 4) is 0 Å². The van der Waals surface area contributed by atoms with Crippen LogP contribution < -0.4 is 22.4 Å². The maximum Gasteiger partial charge on any atom is 0.346 e. The molecule has 0 fully saturated rings. The van der Waals surface area contributed by atoms with Crippen molar-refractivity contribution < 1.29 is 4.42 Å². The zero-order valence-corrected chi connectivity index (χ0v) is 13.6. The van der Waals surface area contributed by atoms with Crippen LogP contribution >= 0.6 is 0 Å². The van der Waals surface area contributed by atoms with E-state index in [1.54, 1.807) is 0 Å². The number of hydrogen-bond acceptors (Lipinski definition) is 5. The fourth-order valence-corrected chi connectivity index (χ4v) is 3.12. The molecule has 3 aromatic rings. The topological polar surface area (TPSA) is 86.3 Å². The lowest BCUT2D eigenvalue weighted by molar-refractivity contribution is 0.500. The number of furan rings is 1. The number of benzene rings is 1. The monoisotopic (exact) mass is 329 g/mol. The number of rotatable bonds is 7. The first-order valence-electron chi connectivity index (χ1n) is 8.35. The maximum atomic E-state index is 12.4. The van der Waals surface area contributed by atoms with Gasteiger partial charge in [-0.25, -0.2) is 9.59 Å². The summed E-state index contributed by atoms with van der Waals surface area (Å²) in [4.78, 5) is 48.0. The van der Waals surface area contributed by atoms with E-state index in [1.807, 2.05) is 0 Å². The van der Waals surface area contributed by atoms with Crippen molar-refractivity contribution in [2.75, 3.05) is 0 Å². The van der Waals surface area contributed by atoms with E-state index in [-0.39, 0.29) is 21.5 Å². The standard InChI is InChI=1S/C18H19NO5/c1-2-3-4-5-6-7-8-19-15(20)11-9-13-14(10-12(11)16(19)21)18(23)24-17(13)22/h9-10H,2-8H2,1H3. The second-order valence-electron chi connectivity index (χ2n) is 6.15. The highest BCUT2D eigenvalue weighted by Gasteiger charge is 2.17. The third-order valence-corrected chi connectivity index (χ3v) is 4.47. The van der Waals surface area contributed by atoms with Gasteiger partial charge in [0.25, 0.3) is 11.1 Å². The summed E-state index contributed by atoms with van der Waals surface area (Å²) in [6.07, 6.45) is 6.35. The molecule has 0 N–H and O–H groups in total. The molecule has 0 aliphatic carbocycles. The van der Waals surface area contributed by atoms with Crippen molar-refractivity contribution in [3.05, 3.63) is 53.7 Å². The average Bonchev–Trinajstić information content (AvgIpc) is 2.97. The summed E-state index contributed by atoms with van der Waals surface area (Å²) >= 11 is 0. The molecule has 3 rings (SSSR count). The molecular formula is C18H19NO5. The van der Waals surface area contributed by atoms with Gasteiger partial charge in [0.1, 0.15) is 0 Å². The van der Waals surface area contributed by atoms with Gasteiger partial charge in [-0.15, -0.1) is 0 Å². The minimum absolute atomic E-state index is 0.0568. The van der Waals surface area contributed by atoms with Crippen molar-refractivity contribution in [2.45, 2.75) is 52.0 Å². The molecule has 0 atom stereocenters. The van der Waals surface area contributed by atoms with Gasteiger partial charge in [0.05, 0.1) is 21.5 Å². The van der Waals surface area contributed by atoms with Crippen LogP contribution in [-0.2, 0) is 6.54 Å². The summed E-state index contributed by atoms with van der Waals surface area (Å²) in [5.41, 5.74) is -2.35. The molecule has 0 saturated heterocycles. The molecule has 0 amide bonds. The van der Waals surface area contributed by atoms with E-state index < -0.39 is 22.4 Å². The Kier molecular flexibility index (Phi) is 4.46. The van der Waals surface area contributed by atoms with E-state index in [0.29, 0.717) is 6.54 Å². The van der Waals surface area contributed by atoms with Gasteiger partial charge in [-0.2, -0.15) is 0 Å². The van der Waals surface area contributed by atoms with Crippen molar-refractivity contribution in [2.24, 2.45) is 0 Å². The van der Waals surface area contributed by atoms with Crippen molar-refractivity contribution in [1.82, 2.24) is 4.57 Å². The first-order chi connectivity index (χ1) is 11.5. The summed E-state index contributed by atoms with van der Waals surface area (Å²) in [6.45, 7) is 2.51. The summed E-state index contributed by atoms with van der Waals surface area (Å²) < 4.78 is 5.71. The van der Waals surface area contributed by atoms with Gasteiger partial charge in [-0.1, -0.05) is 39.0 Å². The van der Waals surface area contributed by atoms with Crippen LogP contribution in [0.5, 0.6) is 0 Å². The highest BCUT2D eigenvalue weighted by atomic mass is 16.4. The Morgan fingerprint density at radius 3 is 1.79 bits per heavy atom. The zero-order chi connectivity index (χ0) is 17.3. The maximum absolute atomic E-state index is 12.4. The molecule has 6 heteroatoms. The number of hydrogen-bond donors (Lipinski definition) is 0. The molecule has 0 radical (unpaired) electrons. The molecule has 24 heavy (non-hydrogen) atoms. The fourth-order valence-electron chi connectivity index (χ4n) is 3.12. The lowest BCUT2D eigenvalue weighted by Gasteiger charge is -2.01. The van der Waals surface area contributed by atoms with E-state index in [2.05, 4.69) is 11.3 Å². The fraction of sp³-hybridized carbons (Fsp3) is 0.444. The molecule has 0 spiro atoms. The van der Waals surface area contributed by atoms with Gasteiger partial charge in [-0.3, -0.25) is 14.2 Å². The van der Waals surface area contributed by atoms with Crippen LogP contribution in [-0.4, -0.2) is 4.57 Å². The third kappa shape index (κ3) is 2.72. The SMILES string of the molecule is CCCCCCCCn1c(=O)c2cc3c(=O)oc(=O)c3cc2c1=O. The Bertz CT molecular complexity index is 1000. The number of unbranched alkanes of at least 4 members (excludes halogenated alkanes) is 5. The smallest absolute Gasteiger partial charge is 0.346 e. The molecule has 1 aromatic carbocycles. The molecule has 0 aliphatic rings. The van der Waals surface area contributed by atoms with Crippen LogP contribution in [0.1, 0.15) is 45.4 Å². The highest BCUT2D eigenvalue weighted by molar-refractivity contribution is 5.97. The van der Waals surface area contributed by atoms with Gasteiger partial charge in [0, 0.05) is 6.54 Å². The Labute approximate surface area is 137 Å². The first kappa shape index (κ1) is 16.4. The Balaban J connectivity index is 1.92. The van der Waals surface area contributed by atoms with Crippen LogP contribution in [0, 0.1) is 0 Å². The van der Waals surface area contributed by atoms with Crippen LogP contribution in [0.2, 0.25) is 0 Å². The normalized spacial score (nSPS) is 11.7. The first-order valence-corrected chi connectivity index (χ1v) is 8.35. The summed E-state index contributed by atoms with van der Waals surface area (Å²) in [6, 6.07) is 2.61. The minimum Gasteiger partial charge on any atom is -0.386 e. The Morgan fingerprint density at radius 2 is 1.25 bits per heavy atom. The van der Waals surface area contributed by atoms with E-state index in [4.69, 9.17) is 0 Å². The summed E-state index contributed by atoms with van der Waals surface area (Å²) in [7, 11) is 0. The van der Waals surface area contributed by atoms with Gasteiger partial charge in [0.2, 0.25) is 0 Å². The van der Waals surface area contributed by atoms with Crippen LogP contribution in [0.15, 0.2) is 35.7 Å². The highest BCUT2D eigenvalue weighted by Crippen LogP contribution is 2.14. The zero-order valence-electron chi connectivity index (χ0n) is 13.6. The molecule has 126 valence electrons. The van der Waals surface area contributed by atoms with Gasteiger partial charge in [-0.05, 0) is 18.6 Å². The second-order valence-corrected chi connectivity index (χ2v) is 6.15. The molecule has 2 heterocycles. The number of aromatic nitrogens is 1. The average molecular weight is 329 g/mol. The predicted octanol–water partition coefficient (Wildman–Crippen LogP) is 2.06. The number of nitrogens with zero attached hydrogens (tertiary/aromatic N) is 1. The van der Waals surface area contributed by atoms with Gasteiger partial charge < -0.3 is 4.42 Å². The minimum atomic E-state index is -0.771. The molecule has 0 saturated carbocycles. The number of fused-ring (bicyclic) bond motifs is 2. The molecule has 2 aromatic heterocycles. The molecule has 0 aliphatic heterocycles. The summed E-state index contributed by atoms with van der Waals surface area (Å²) in [5, 5.41) is 0.468. The van der Waals surface area contributed by atoms with E-state index in [9.17, 15) is 19.2 Å². The predicted molar refractivity (Wildman–Crippen MR) is 92.5 cm³/mol. The van der Waals surface area contributed by atoms with Crippen molar-refractivity contribution in [3.63, 3.8) is 0 Å². The Hall–Kier alpha value is -2.50. The lowest BCUT2D eigenvalue weighted by atomic mass is 10.1. The quantitative estimate of drug-likeness (QED) is 0.619. The second kappa shape index (κ2) is 6.55. The van der Waals surface area contributed by atoms with Crippen LogP contribution in [0.25, 0.3) is 21.5 Å². The van der Waals surface area contributed by atoms with Crippen molar-refractivity contribution in [1.29, 1.82) is 0 Å². The third-order valence-electron chi connectivity index (χ3n) is 4.47. The van der Waals surface area contributed by atoms with Crippen LogP contribution in [0.4, 0.5) is 0 Å².